The van der Waals surface area contributed by atoms with E-state index in [9.17, 15) is 14.7 Å². The number of anilines is 1. The van der Waals surface area contributed by atoms with Gasteiger partial charge in [-0.25, -0.2) is 4.98 Å². The van der Waals surface area contributed by atoms with Crippen LogP contribution in [0.4, 0.5) is 5.13 Å². The number of ether oxygens (including phenoxy) is 2. The molecule has 1 atom stereocenters. The zero-order valence-corrected chi connectivity index (χ0v) is 23.7. The average molecular weight is 563 g/mol. The van der Waals surface area contributed by atoms with E-state index in [4.69, 9.17) is 26.1 Å². The summed E-state index contributed by atoms with van der Waals surface area (Å²) in [5.41, 5.74) is 3.59. The molecule has 200 valence electrons. The van der Waals surface area contributed by atoms with Gasteiger partial charge in [0, 0.05) is 6.07 Å². The summed E-state index contributed by atoms with van der Waals surface area (Å²) < 4.78 is 11.7. The Hall–Kier alpha value is -3.88. The predicted octanol–water partition coefficient (Wildman–Crippen LogP) is 7.03. The first kappa shape index (κ1) is 26.7. The number of aromatic nitrogens is 1. The van der Waals surface area contributed by atoms with Gasteiger partial charge < -0.3 is 14.6 Å². The Morgan fingerprint density at radius 3 is 2.46 bits per heavy atom. The van der Waals surface area contributed by atoms with Crippen molar-refractivity contribution in [2.45, 2.75) is 32.7 Å². The molecule has 1 aliphatic rings. The van der Waals surface area contributed by atoms with Gasteiger partial charge in [0.2, 0.25) is 0 Å². The Balaban J connectivity index is 1.75. The van der Waals surface area contributed by atoms with Crippen molar-refractivity contribution in [3.05, 3.63) is 87.4 Å². The van der Waals surface area contributed by atoms with E-state index in [1.165, 1.54) is 42.6 Å². The van der Waals surface area contributed by atoms with Gasteiger partial charge in [0.1, 0.15) is 17.3 Å². The topological polar surface area (TPSA) is 89.0 Å². The van der Waals surface area contributed by atoms with E-state index in [0.29, 0.717) is 16.6 Å². The van der Waals surface area contributed by atoms with Crippen molar-refractivity contribution in [1.29, 1.82) is 0 Å². The summed E-state index contributed by atoms with van der Waals surface area (Å²) in [6.07, 6.45) is 0. The number of thiazole rings is 1. The van der Waals surface area contributed by atoms with Crippen LogP contribution in [0.1, 0.15) is 48.1 Å². The number of hydrogen-bond acceptors (Lipinski definition) is 7. The third kappa shape index (κ3) is 4.64. The molecule has 1 saturated heterocycles. The van der Waals surface area contributed by atoms with Crippen LogP contribution in [-0.4, -0.2) is 36.0 Å². The number of nitrogens with zero attached hydrogens (tertiary/aromatic N) is 2. The summed E-state index contributed by atoms with van der Waals surface area (Å²) in [7, 11) is 2.87. The number of hydrogen-bond donors (Lipinski definition) is 1. The molecule has 1 aliphatic heterocycles. The van der Waals surface area contributed by atoms with Gasteiger partial charge in [-0.1, -0.05) is 72.7 Å². The lowest BCUT2D eigenvalue weighted by molar-refractivity contribution is -0.132. The number of rotatable bonds is 6. The van der Waals surface area contributed by atoms with E-state index in [-0.39, 0.29) is 27.7 Å². The van der Waals surface area contributed by atoms with Crippen molar-refractivity contribution in [3.8, 4) is 11.5 Å². The first-order chi connectivity index (χ1) is 18.6. The highest BCUT2D eigenvalue weighted by molar-refractivity contribution is 7.22. The molecule has 9 heteroatoms. The lowest BCUT2D eigenvalue weighted by Gasteiger charge is -2.23. The van der Waals surface area contributed by atoms with E-state index < -0.39 is 23.5 Å². The van der Waals surface area contributed by atoms with Crippen LogP contribution in [0.25, 0.3) is 16.0 Å². The largest absolute Gasteiger partial charge is 0.507 e. The minimum atomic E-state index is -0.915. The van der Waals surface area contributed by atoms with Crippen LogP contribution in [0, 0.1) is 6.92 Å². The molecule has 1 amide bonds. The molecule has 1 unspecified atom stereocenters. The minimum absolute atomic E-state index is 0.0737. The highest BCUT2D eigenvalue weighted by atomic mass is 35.5. The standard InChI is InChI=1S/C30H27ClN2O5S/c1-15(2)17-9-10-21-24(12-17)39-30(32-21)33-26(18-8-6-7-16(3)11-18)25(28(35)29(33)36)27(34)19-13-23(38-5)20(31)14-22(19)37-4/h6-15,26,34H,1-5H3/b27-25+. The molecule has 1 aromatic heterocycles. The molecule has 5 rings (SSSR count). The van der Waals surface area contributed by atoms with Gasteiger partial charge in [0.25, 0.3) is 5.78 Å². The monoisotopic (exact) mass is 562 g/mol. The van der Waals surface area contributed by atoms with Gasteiger partial charge in [0.05, 0.1) is 46.6 Å². The molecular weight excluding hydrogens is 536 g/mol. The number of methoxy groups -OCH3 is 2. The fourth-order valence-electron chi connectivity index (χ4n) is 4.77. The van der Waals surface area contributed by atoms with E-state index in [2.05, 4.69) is 19.9 Å². The zero-order chi connectivity index (χ0) is 28.0. The molecule has 1 N–H and O–H groups in total. The fraction of sp³-hybridized carbons (Fsp3) is 0.233. The number of carbonyl (C=O) groups excluding carboxylic acids is 2. The van der Waals surface area contributed by atoms with E-state index in [1.807, 2.05) is 43.3 Å². The number of fused-ring (bicyclic) bond motifs is 1. The van der Waals surface area contributed by atoms with Crippen LogP contribution < -0.4 is 14.4 Å². The maximum Gasteiger partial charge on any atom is 0.301 e. The van der Waals surface area contributed by atoms with Crippen LogP contribution in [0.3, 0.4) is 0 Å². The molecule has 7 nitrogen and oxygen atoms in total. The number of aliphatic hydroxyl groups excluding tert-OH is 1. The molecule has 1 fully saturated rings. The molecule has 0 radical (unpaired) electrons. The smallest absolute Gasteiger partial charge is 0.301 e. The number of aryl methyl sites for hydroxylation is 1. The van der Waals surface area contributed by atoms with E-state index in [1.54, 1.807) is 0 Å². The molecule has 0 spiro atoms. The highest BCUT2D eigenvalue weighted by Gasteiger charge is 2.48. The molecule has 0 saturated carbocycles. The van der Waals surface area contributed by atoms with Crippen molar-refractivity contribution in [1.82, 2.24) is 4.98 Å². The second-order valence-electron chi connectivity index (χ2n) is 9.65. The number of amides is 1. The summed E-state index contributed by atoms with van der Waals surface area (Å²) in [5.74, 6) is -1.14. The molecular formula is C30H27ClN2O5S. The number of Topliss-reactive ketones (excluding diaryl/α,β-unsaturated/α-hetero) is 1. The van der Waals surface area contributed by atoms with Gasteiger partial charge in [-0.3, -0.25) is 14.5 Å². The molecule has 0 bridgehead atoms. The van der Waals surface area contributed by atoms with E-state index in [0.717, 1.165) is 21.3 Å². The second-order valence-corrected chi connectivity index (χ2v) is 11.1. The first-order valence-corrected chi connectivity index (χ1v) is 13.5. The minimum Gasteiger partial charge on any atom is -0.507 e. The third-order valence-electron chi connectivity index (χ3n) is 6.81. The fourth-order valence-corrected chi connectivity index (χ4v) is 6.04. The van der Waals surface area contributed by atoms with Crippen molar-refractivity contribution in [3.63, 3.8) is 0 Å². The van der Waals surface area contributed by atoms with Gasteiger partial charge in [-0.15, -0.1) is 0 Å². The number of halogens is 1. The van der Waals surface area contributed by atoms with Gasteiger partial charge in [-0.05, 0) is 42.2 Å². The second kappa shape index (κ2) is 10.4. The van der Waals surface area contributed by atoms with E-state index >= 15 is 0 Å². The number of aliphatic hydroxyl groups is 1. The Kier molecular flexibility index (Phi) is 7.09. The van der Waals surface area contributed by atoms with Crippen LogP contribution in [0.2, 0.25) is 5.02 Å². The Morgan fingerprint density at radius 2 is 1.79 bits per heavy atom. The Bertz CT molecular complexity index is 1660. The molecule has 3 aromatic carbocycles. The van der Waals surface area contributed by atoms with Crippen molar-refractivity contribution < 1.29 is 24.2 Å². The van der Waals surface area contributed by atoms with Crippen LogP contribution in [0.5, 0.6) is 11.5 Å². The number of ketones is 1. The third-order valence-corrected chi connectivity index (χ3v) is 8.12. The number of benzene rings is 3. The summed E-state index contributed by atoms with van der Waals surface area (Å²) in [5, 5.41) is 12.3. The summed E-state index contributed by atoms with van der Waals surface area (Å²) in [6.45, 7) is 6.15. The maximum absolute atomic E-state index is 13.6. The molecule has 2 heterocycles. The Morgan fingerprint density at radius 1 is 1.05 bits per heavy atom. The number of carbonyl (C=O) groups is 2. The Labute approximate surface area is 235 Å². The quantitative estimate of drug-likeness (QED) is 0.154. The van der Waals surface area contributed by atoms with Crippen LogP contribution in [-0.2, 0) is 9.59 Å². The zero-order valence-electron chi connectivity index (χ0n) is 22.1. The van der Waals surface area contributed by atoms with Gasteiger partial charge >= 0.3 is 5.91 Å². The summed E-state index contributed by atoms with van der Waals surface area (Å²) >= 11 is 7.61. The molecule has 0 aliphatic carbocycles. The van der Waals surface area contributed by atoms with Gasteiger partial charge in [-0.2, -0.15) is 0 Å². The van der Waals surface area contributed by atoms with Crippen LogP contribution >= 0.6 is 22.9 Å². The van der Waals surface area contributed by atoms with Crippen molar-refractivity contribution in [2.24, 2.45) is 0 Å². The average Bonchev–Trinajstić information content (AvgIpc) is 3.45. The maximum atomic E-state index is 13.6. The normalized spacial score (nSPS) is 16.9. The van der Waals surface area contributed by atoms with Crippen LogP contribution in [0.15, 0.2) is 60.2 Å². The van der Waals surface area contributed by atoms with Crippen molar-refractivity contribution >= 4 is 55.7 Å². The lowest BCUT2D eigenvalue weighted by Crippen LogP contribution is -2.29. The summed E-state index contributed by atoms with van der Waals surface area (Å²) in [6, 6.07) is 15.6. The highest BCUT2D eigenvalue weighted by Crippen LogP contribution is 2.46. The molecule has 39 heavy (non-hydrogen) atoms. The molecule has 4 aromatic rings. The summed E-state index contributed by atoms with van der Waals surface area (Å²) in [4.78, 5) is 33.3. The van der Waals surface area contributed by atoms with Crippen molar-refractivity contribution in [2.75, 3.05) is 19.1 Å². The SMILES string of the molecule is COc1cc(/C(O)=C2\C(=O)C(=O)N(c3nc4ccc(C(C)C)cc4s3)C2c2cccc(C)c2)c(OC)cc1Cl. The lowest BCUT2D eigenvalue weighted by atomic mass is 9.94. The first-order valence-electron chi connectivity index (χ1n) is 12.3. The predicted molar refractivity (Wildman–Crippen MR) is 154 cm³/mol. The van der Waals surface area contributed by atoms with Gasteiger partial charge in [0.15, 0.2) is 5.13 Å².